The predicted octanol–water partition coefficient (Wildman–Crippen LogP) is 1.48. The molecule has 0 aromatic heterocycles. The summed E-state index contributed by atoms with van der Waals surface area (Å²) in [6.45, 7) is 3.88. The van der Waals surface area contributed by atoms with Crippen molar-refractivity contribution in [2.24, 2.45) is 0 Å². The van der Waals surface area contributed by atoms with Crippen LogP contribution in [0.1, 0.15) is 32.6 Å². The molecule has 98 valence electrons. The molecule has 17 heavy (non-hydrogen) atoms. The molecule has 1 aliphatic heterocycles. The lowest BCUT2D eigenvalue weighted by Crippen LogP contribution is -2.53. The van der Waals surface area contributed by atoms with Gasteiger partial charge in [-0.05, 0) is 19.3 Å². The van der Waals surface area contributed by atoms with Crippen LogP contribution in [-0.2, 0) is 9.59 Å². The van der Waals surface area contributed by atoms with Gasteiger partial charge in [-0.15, -0.1) is 11.6 Å². The molecule has 0 saturated carbocycles. The van der Waals surface area contributed by atoms with Crippen LogP contribution in [-0.4, -0.2) is 53.7 Å². The number of carbonyl (C=O) groups is 2. The molecule has 0 aromatic carbocycles. The third-order valence-corrected chi connectivity index (χ3v) is 3.18. The van der Waals surface area contributed by atoms with Crippen molar-refractivity contribution >= 4 is 23.4 Å². The fourth-order valence-corrected chi connectivity index (χ4v) is 2.14. The number of hydrogen-bond donors (Lipinski definition) is 0. The number of piperazine rings is 1. The number of rotatable bonds is 7. The largest absolute Gasteiger partial charge is 0.332 e. The van der Waals surface area contributed by atoms with E-state index in [9.17, 15) is 9.59 Å². The van der Waals surface area contributed by atoms with E-state index in [4.69, 9.17) is 11.6 Å². The van der Waals surface area contributed by atoms with Crippen LogP contribution < -0.4 is 0 Å². The number of unbranched alkanes of at least 4 members (excludes halogenated alkanes) is 2. The Morgan fingerprint density at radius 3 is 2.12 bits per heavy atom. The maximum absolute atomic E-state index is 11.8. The van der Waals surface area contributed by atoms with Crippen molar-refractivity contribution in [3.05, 3.63) is 0 Å². The van der Waals surface area contributed by atoms with Crippen molar-refractivity contribution in [3.63, 3.8) is 0 Å². The molecule has 0 radical (unpaired) electrons. The highest BCUT2D eigenvalue weighted by molar-refractivity contribution is 6.17. The van der Waals surface area contributed by atoms with Crippen molar-refractivity contribution < 1.29 is 9.59 Å². The number of hydrogen-bond acceptors (Lipinski definition) is 2. The minimum Gasteiger partial charge on any atom is -0.332 e. The second kappa shape index (κ2) is 7.54. The van der Waals surface area contributed by atoms with E-state index in [-0.39, 0.29) is 24.9 Å². The third kappa shape index (κ3) is 4.54. The van der Waals surface area contributed by atoms with Crippen molar-refractivity contribution in [3.8, 4) is 0 Å². The minimum atomic E-state index is 0.0730. The van der Waals surface area contributed by atoms with E-state index in [2.05, 4.69) is 0 Å². The number of nitrogens with zero attached hydrogens (tertiary/aromatic N) is 2. The van der Waals surface area contributed by atoms with E-state index < -0.39 is 0 Å². The Balaban J connectivity index is 2.33. The Labute approximate surface area is 108 Å². The van der Waals surface area contributed by atoms with Crippen molar-refractivity contribution in [2.45, 2.75) is 32.6 Å². The second-order valence-corrected chi connectivity index (χ2v) is 4.76. The van der Waals surface area contributed by atoms with Gasteiger partial charge in [0.1, 0.15) is 0 Å². The number of amides is 2. The fourth-order valence-electron chi connectivity index (χ4n) is 1.95. The van der Waals surface area contributed by atoms with Crippen LogP contribution in [0, 0.1) is 0 Å². The first-order valence-corrected chi connectivity index (χ1v) is 6.84. The maximum atomic E-state index is 11.8. The van der Waals surface area contributed by atoms with Crippen LogP contribution in [0.2, 0.25) is 0 Å². The average molecular weight is 261 g/mol. The molecule has 1 rings (SSSR count). The standard InChI is InChI=1S/C12H21ClN2O2/c1-2-7-14-9-12(17)15(10-11(14)16)8-5-3-4-6-13/h2-10H2,1H3. The molecule has 0 aliphatic carbocycles. The van der Waals surface area contributed by atoms with Gasteiger partial charge in [0.2, 0.25) is 11.8 Å². The molecule has 0 N–H and O–H groups in total. The number of alkyl halides is 1. The quantitative estimate of drug-likeness (QED) is 0.514. The van der Waals surface area contributed by atoms with Gasteiger partial charge >= 0.3 is 0 Å². The van der Waals surface area contributed by atoms with Crippen molar-refractivity contribution in [1.82, 2.24) is 9.80 Å². The van der Waals surface area contributed by atoms with Crippen LogP contribution >= 0.6 is 11.6 Å². The zero-order valence-corrected chi connectivity index (χ0v) is 11.2. The summed E-state index contributed by atoms with van der Waals surface area (Å²) in [5.41, 5.74) is 0. The smallest absolute Gasteiger partial charge is 0.242 e. The van der Waals surface area contributed by atoms with Gasteiger partial charge < -0.3 is 9.80 Å². The molecule has 0 bridgehead atoms. The molecular weight excluding hydrogens is 240 g/mol. The molecular formula is C12H21ClN2O2. The van der Waals surface area contributed by atoms with E-state index >= 15 is 0 Å². The Morgan fingerprint density at radius 2 is 1.59 bits per heavy atom. The summed E-state index contributed by atoms with van der Waals surface area (Å²) in [7, 11) is 0. The van der Waals surface area contributed by atoms with Gasteiger partial charge in [-0.25, -0.2) is 0 Å². The Hall–Kier alpha value is -0.770. The Bertz CT molecular complexity index is 271. The predicted molar refractivity (Wildman–Crippen MR) is 68.0 cm³/mol. The zero-order valence-electron chi connectivity index (χ0n) is 10.5. The third-order valence-electron chi connectivity index (χ3n) is 2.91. The molecule has 0 unspecified atom stereocenters. The summed E-state index contributed by atoms with van der Waals surface area (Å²) < 4.78 is 0. The topological polar surface area (TPSA) is 40.6 Å². The fraction of sp³-hybridized carbons (Fsp3) is 0.833. The Kier molecular flexibility index (Phi) is 6.34. The summed E-state index contributed by atoms with van der Waals surface area (Å²) >= 11 is 5.59. The molecule has 0 aromatic rings. The number of halogens is 1. The van der Waals surface area contributed by atoms with Gasteiger partial charge in [0.25, 0.3) is 0 Å². The molecule has 1 fully saturated rings. The van der Waals surface area contributed by atoms with E-state index in [0.29, 0.717) is 19.0 Å². The van der Waals surface area contributed by atoms with Gasteiger partial charge in [0.15, 0.2) is 0 Å². The summed E-state index contributed by atoms with van der Waals surface area (Å²) in [4.78, 5) is 26.9. The first-order chi connectivity index (χ1) is 8.19. The molecule has 1 aliphatic rings. The minimum absolute atomic E-state index is 0.0730. The summed E-state index contributed by atoms with van der Waals surface area (Å²) in [5, 5.41) is 0. The molecule has 0 atom stereocenters. The highest BCUT2D eigenvalue weighted by atomic mass is 35.5. The van der Waals surface area contributed by atoms with E-state index in [1.54, 1.807) is 9.80 Å². The normalized spacial score (nSPS) is 16.8. The first-order valence-electron chi connectivity index (χ1n) is 6.30. The van der Waals surface area contributed by atoms with Crippen LogP contribution in [0.5, 0.6) is 0 Å². The maximum Gasteiger partial charge on any atom is 0.242 e. The molecule has 1 heterocycles. The van der Waals surface area contributed by atoms with Crippen molar-refractivity contribution in [1.29, 1.82) is 0 Å². The molecule has 1 saturated heterocycles. The van der Waals surface area contributed by atoms with Gasteiger partial charge in [-0.1, -0.05) is 13.3 Å². The van der Waals surface area contributed by atoms with Crippen LogP contribution in [0.4, 0.5) is 0 Å². The molecule has 5 heteroatoms. The Morgan fingerprint density at radius 1 is 1.00 bits per heavy atom. The van der Waals surface area contributed by atoms with E-state index in [1.807, 2.05) is 6.92 Å². The lowest BCUT2D eigenvalue weighted by molar-refractivity contribution is -0.150. The lowest BCUT2D eigenvalue weighted by Gasteiger charge is -2.33. The average Bonchev–Trinajstić information content (AvgIpc) is 2.30. The van der Waals surface area contributed by atoms with Crippen molar-refractivity contribution in [2.75, 3.05) is 32.1 Å². The van der Waals surface area contributed by atoms with Gasteiger partial charge in [-0.2, -0.15) is 0 Å². The van der Waals surface area contributed by atoms with Gasteiger partial charge in [0.05, 0.1) is 13.1 Å². The second-order valence-electron chi connectivity index (χ2n) is 4.38. The highest BCUT2D eigenvalue weighted by Crippen LogP contribution is 2.08. The molecule has 0 spiro atoms. The molecule has 2 amide bonds. The van der Waals surface area contributed by atoms with Crippen LogP contribution in [0.3, 0.4) is 0 Å². The first kappa shape index (κ1) is 14.3. The summed E-state index contributed by atoms with van der Waals surface area (Å²) in [6.07, 6.45) is 3.81. The monoisotopic (exact) mass is 260 g/mol. The van der Waals surface area contributed by atoms with Crippen LogP contribution in [0.15, 0.2) is 0 Å². The van der Waals surface area contributed by atoms with Gasteiger partial charge in [0, 0.05) is 19.0 Å². The van der Waals surface area contributed by atoms with E-state index in [1.165, 1.54) is 0 Å². The SMILES string of the molecule is CCCN1CC(=O)N(CCCCCCl)CC1=O. The molecule has 4 nitrogen and oxygen atoms in total. The number of carbonyl (C=O) groups excluding carboxylic acids is 2. The zero-order chi connectivity index (χ0) is 12.7. The lowest BCUT2D eigenvalue weighted by atomic mass is 10.2. The highest BCUT2D eigenvalue weighted by Gasteiger charge is 2.28. The summed E-state index contributed by atoms with van der Waals surface area (Å²) in [6, 6.07) is 0. The van der Waals surface area contributed by atoms with Gasteiger partial charge in [-0.3, -0.25) is 9.59 Å². The van der Waals surface area contributed by atoms with Crippen LogP contribution in [0.25, 0.3) is 0 Å². The summed E-state index contributed by atoms with van der Waals surface area (Å²) in [5.74, 6) is 0.810. The van der Waals surface area contributed by atoms with E-state index in [0.717, 1.165) is 25.7 Å².